The van der Waals surface area contributed by atoms with Crippen LogP contribution in [0.25, 0.3) is 0 Å². The van der Waals surface area contributed by atoms with Gasteiger partial charge in [0.05, 0.1) is 23.2 Å². The van der Waals surface area contributed by atoms with Crippen molar-refractivity contribution < 1.29 is 27.6 Å². The lowest BCUT2D eigenvalue weighted by Gasteiger charge is -2.32. The average molecular weight is 408 g/mol. The Morgan fingerprint density at radius 1 is 1.21 bits per heavy atom. The second-order valence-electron chi connectivity index (χ2n) is 6.83. The van der Waals surface area contributed by atoms with Gasteiger partial charge in [-0.3, -0.25) is 14.9 Å². The van der Waals surface area contributed by atoms with Crippen molar-refractivity contribution in [2.45, 2.75) is 31.7 Å². The topological polar surface area (TPSA) is 72.7 Å². The Bertz CT molecular complexity index is 884. The Morgan fingerprint density at radius 3 is 2.59 bits per heavy atom. The molecule has 29 heavy (non-hydrogen) atoms. The third kappa shape index (κ3) is 5.32. The summed E-state index contributed by atoms with van der Waals surface area (Å²) in [6, 6.07) is 10.3. The summed E-state index contributed by atoms with van der Waals surface area (Å²) in [4.78, 5) is 24.5. The van der Waals surface area contributed by atoms with Gasteiger partial charge >= 0.3 is 6.18 Å². The Kier molecular flexibility index (Phi) is 6.17. The van der Waals surface area contributed by atoms with Gasteiger partial charge < -0.3 is 9.64 Å². The SMILES string of the molecule is O=C(c1ccc(C(F)(F)F)cc1)N1CCC[C@@H](OCc2cccc([N+](=O)[O-])c2)C1. The van der Waals surface area contributed by atoms with Crippen LogP contribution in [-0.2, 0) is 17.5 Å². The van der Waals surface area contributed by atoms with E-state index in [0.717, 1.165) is 18.6 Å². The fraction of sp³-hybridized carbons (Fsp3) is 0.350. The number of ether oxygens (including phenoxy) is 1. The minimum Gasteiger partial charge on any atom is -0.372 e. The van der Waals surface area contributed by atoms with Gasteiger partial charge in [0.2, 0.25) is 0 Å². The fourth-order valence-corrected chi connectivity index (χ4v) is 3.22. The molecule has 9 heteroatoms. The molecule has 1 aliphatic heterocycles. The smallest absolute Gasteiger partial charge is 0.372 e. The first-order valence-electron chi connectivity index (χ1n) is 9.05. The van der Waals surface area contributed by atoms with E-state index in [9.17, 15) is 28.1 Å². The van der Waals surface area contributed by atoms with Crippen molar-refractivity contribution in [1.29, 1.82) is 0 Å². The van der Waals surface area contributed by atoms with E-state index >= 15 is 0 Å². The Labute approximate surface area is 165 Å². The molecular formula is C20H19F3N2O4. The number of halogens is 3. The zero-order chi connectivity index (χ0) is 21.0. The van der Waals surface area contributed by atoms with Gasteiger partial charge in [0.1, 0.15) is 0 Å². The van der Waals surface area contributed by atoms with Gasteiger partial charge in [-0.05, 0) is 42.7 Å². The van der Waals surface area contributed by atoms with E-state index in [1.54, 1.807) is 17.0 Å². The van der Waals surface area contributed by atoms with Crippen molar-refractivity contribution >= 4 is 11.6 Å². The van der Waals surface area contributed by atoms with Gasteiger partial charge in [-0.1, -0.05) is 12.1 Å². The van der Waals surface area contributed by atoms with Gasteiger partial charge in [0.25, 0.3) is 11.6 Å². The van der Waals surface area contributed by atoms with E-state index < -0.39 is 16.7 Å². The summed E-state index contributed by atoms with van der Waals surface area (Å²) in [5.74, 6) is -0.345. The Hall–Kier alpha value is -2.94. The number of carbonyl (C=O) groups is 1. The molecule has 1 atom stereocenters. The number of benzene rings is 2. The number of piperidine rings is 1. The number of carbonyl (C=O) groups excluding carboxylic acids is 1. The summed E-state index contributed by atoms with van der Waals surface area (Å²) in [6.07, 6.45) is -3.27. The van der Waals surface area contributed by atoms with Crippen LogP contribution in [-0.4, -0.2) is 34.9 Å². The van der Waals surface area contributed by atoms with Gasteiger partial charge in [-0.15, -0.1) is 0 Å². The fourth-order valence-electron chi connectivity index (χ4n) is 3.22. The van der Waals surface area contributed by atoms with Crippen molar-refractivity contribution in [2.24, 2.45) is 0 Å². The number of likely N-dealkylation sites (tertiary alicyclic amines) is 1. The molecule has 154 valence electrons. The van der Waals surface area contributed by atoms with E-state index in [-0.39, 0.29) is 29.9 Å². The molecular weight excluding hydrogens is 389 g/mol. The summed E-state index contributed by atoms with van der Waals surface area (Å²) in [5.41, 5.74) is 0.0300. The molecule has 0 unspecified atom stereocenters. The highest BCUT2D eigenvalue weighted by Crippen LogP contribution is 2.29. The Balaban J connectivity index is 1.59. The number of non-ortho nitro benzene ring substituents is 1. The minimum absolute atomic E-state index is 0.0196. The molecule has 0 spiro atoms. The van der Waals surface area contributed by atoms with E-state index in [2.05, 4.69) is 0 Å². The van der Waals surface area contributed by atoms with Crippen LogP contribution in [0.3, 0.4) is 0 Å². The van der Waals surface area contributed by atoms with Crippen molar-refractivity contribution in [2.75, 3.05) is 13.1 Å². The molecule has 1 fully saturated rings. The molecule has 6 nitrogen and oxygen atoms in total. The molecule has 3 rings (SSSR count). The first-order chi connectivity index (χ1) is 13.7. The second kappa shape index (κ2) is 8.60. The molecule has 1 heterocycles. The van der Waals surface area contributed by atoms with Gasteiger partial charge in [-0.2, -0.15) is 13.2 Å². The van der Waals surface area contributed by atoms with E-state index in [4.69, 9.17) is 4.74 Å². The first kappa shape index (κ1) is 20.8. The van der Waals surface area contributed by atoms with Crippen LogP contribution < -0.4 is 0 Å². The summed E-state index contributed by atoms with van der Waals surface area (Å²) >= 11 is 0. The number of hydrogen-bond acceptors (Lipinski definition) is 4. The second-order valence-corrected chi connectivity index (χ2v) is 6.83. The summed E-state index contributed by atoms with van der Waals surface area (Å²) in [7, 11) is 0. The van der Waals surface area contributed by atoms with Gasteiger partial charge in [0, 0.05) is 30.8 Å². The van der Waals surface area contributed by atoms with Crippen LogP contribution in [0.15, 0.2) is 48.5 Å². The molecule has 1 saturated heterocycles. The standard InChI is InChI=1S/C20H19F3N2O4/c21-20(22,23)16-8-6-15(7-9-16)19(26)24-10-2-5-18(12-24)29-13-14-3-1-4-17(11-14)25(27)28/h1,3-4,6-9,11,18H,2,5,10,12-13H2/t18-/m1/s1. The summed E-state index contributed by atoms with van der Waals surface area (Å²) in [6.45, 7) is 0.986. The number of alkyl halides is 3. The molecule has 0 N–H and O–H groups in total. The number of nitro groups is 1. The van der Waals surface area contributed by atoms with Crippen LogP contribution >= 0.6 is 0 Å². The van der Waals surface area contributed by atoms with E-state index in [1.807, 2.05) is 0 Å². The molecule has 2 aromatic carbocycles. The van der Waals surface area contributed by atoms with Gasteiger partial charge in [0.15, 0.2) is 0 Å². The lowest BCUT2D eigenvalue weighted by atomic mass is 10.1. The van der Waals surface area contributed by atoms with Crippen molar-refractivity contribution in [3.05, 3.63) is 75.3 Å². The highest BCUT2D eigenvalue weighted by molar-refractivity contribution is 5.94. The third-order valence-electron chi connectivity index (χ3n) is 4.73. The summed E-state index contributed by atoms with van der Waals surface area (Å²) < 4.78 is 43.8. The lowest BCUT2D eigenvalue weighted by molar-refractivity contribution is -0.385. The predicted molar refractivity (Wildman–Crippen MR) is 98.3 cm³/mol. The Morgan fingerprint density at radius 2 is 1.93 bits per heavy atom. The molecule has 0 aliphatic carbocycles. The van der Waals surface area contributed by atoms with Crippen molar-refractivity contribution in [3.63, 3.8) is 0 Å². The van der Waals surface area contributed by atoms with Crippen LogP contribution in [0, 0.1) is 10.1 Å². The van der Waals surface area contributed by atoms with Crippen molar-refractivity contribution in [3.8, 4) is 0 Å². The molecule has 0 bridgehead atoms. The van der Waals surface area contributed by atoms with E-state index in [1.165, 1.54) is 24.3 Å². The third-order valence-corrected chi connectivity index (χ3v) is 4.73. The number of nitro benzene ring substituents is 1. The highest BCUT2D eigenvalue weighted by Gasteiger charge is 2.31. The first-order valence-corrected chi connectivity index (χ1v) is 9.05. The van der Waals surface area contributed by atoms with Crippen LogP contribution in [0.1, 0.15) is 34.3 Å². The minimum atomic E-state index is -4.45. The number of amides is 1. The average Bonchev–Trinajstić information content (AvgIpc) is 2.71. The lowest BCUT2D eigenvalue weighted by Crippen LogP contribution is -2.43. The maximum Gasteiger partial charge on any atom is 0.416 e. The zero-order valence-corrected chi connectivity index (χ0v) is 15.4. The van der Waals surface area contributed by atoms with E-state index in [0.29, 0.717) is 25.1 Å². The number of hydrogen-bond donors (Lipinski definition) is 0. The molecule has 2 aromatic rings. The van der Waals surface area contributed by atoms with Crippen LogP contribution in [0.2, 0.25) is 0 Å². The summed E-state index contributed by atoms with van der Waals surface area (Å²) in [5, 5.41) is 10.8. The zero-order valence-electron chi connectivity index (χ0n) is 15.4. The molecule has 0 radical (unpaired) electrons. The van der Waals surface area contributed by atoms with Crippen LogP contribution in [0.4, 0.5) is 18.9 Å². The quantitative estimate of drug-likeness (QED) is 0.542. The normalized spacial score (nSPS) is 17.2. The molecule has 0 saturated carbocycles. The largest absolute Gasteiger partial charge is 0.416 e. The number of rotatable bonds is 5. The maximum atomic E-state index is 12.7. The van der Waals surface area contributed by atoms with Gasteiger partial charge in [-0.25, -0.2) is 0 Å². The number of nitrogens with zero attached hydrogens (tertiary/aromatic N) is 2. The molecule has 0 aromatic heterocycles. The monoisotopic (exact) mass is 408 g/mol. The molecule has 1 aliphatic rings. The molecule has 1 amide bonds. The predicted octanol–water partition coefficient (Wildman–Crippen LogP) is 4.44. The highest BCUT2D eigenvalue weighted by atomic mass is 19.4. The van der Waals surface area contributed by atoms with Crippen LogP contribution in [0.5, 0.6) is 0 Å². The maximum absolute atomic E-state index is 12.7. The van der Waals surface area contributed by atoms with Crippen molar-refractivity contribution in [1.82, 2.24) is 4.90 Å².